The van der Waals surface area contributed by atoms with E-state index in [0.29, 0.717) is 12.0 Å². The number of rotatable bonds is 6. The first-order valence-electron chi connectivity index (χ1n) is 6.66. The average Bonchev–Trinajstić information content (AvgIpc) is 2.37. The maximum Gasteiger partial charge on any atom is 0.314 e. The molecule has 5 nitrogen and oxygen atoms in total. The highest BCUT2D eigenvalue weighted by molar-refractivity contribution is 9.10. The minimum absolute atomic E-state index is 0.0830. The van der Waals surface area contributed by atoms with Gasteiger partial charge in [-0.05, 0) is 52.4 Å². The summed E-state index contributed by atoms with van der Waals surface area (Å²) >= 11 is 3.06. The van der Waals surface area contributed by atoms with Gasteiger partial charge in [-0.2, -0.15) is 0 Å². The molecule has 124 valence electrons. The van der Waals surface area contributed by atoms with E-state index in [-0.39, 0.29) is 16.8 Å². The van der Waals surface area contributed by atoms with Crippen LogP contribution in [0.25, 0.3) is 0 Å². The van der Waals surface area contributed by atoms with Gasteiger partial charge >= 0.3 is 5.97 Å². The Hall–Kier alpha value is -0.790. The zero-order valence-corrected chi connectivity index (χ0v) is 15.6. The van der Waals surface area contributed by atoms with E-state index in [1.54, 1.807) is 6.92 Å². The van der Waals surface area contributed by atoms with E-state index < -0.39 is 31.1 Å². The zero-order valence-electron chi connectivity index (χ0n) is 12.4. The van der Waals surface area contributed by atoms with E-state index in [1.807, 2.05) is 13.8 Å². The van der Waals surface area contributed by atoms with Gasteiger partial charge in [0, 0.05) is 10.7 Å². The van der Waals surface area contributed by atoms with Crippen molar-refractivity contribution in [2.75, 3.05) is 0 Å². The average molecular weight is 414 g/mol. The van der Waals surface area contributed by atoms with Gasteiger partial charge in [-0.1, -0.05) is 20.8 Å². The highest BCUT2D eigenvalue weighted by Crippen LogP contribution is 2.42. The van der Waals surface area contributed by atoms with Crippen molar-refractivity contribution in [1.29, 1.82) is 0 Å². The molecule has 0 aliphatic carbocycles. The Morgan fingerprint density at radius 1 is 1.41 bits per heavy atom. The number of benzene rings is 1. The van der Waals surface area contributed by atoms with Crippen LogP contribution in [0.3, 0.4) is 0 Å². The van der Waals surface area contributed by atoms with Crippen LogP contribution in [0.5, 0.6) is 5.75 Å². The number of aromatic hydroxyl groups is 1. The van der Waals surface area contributed by atoms with Gasteiger partial charge in [-0.25, -0.2) is 8.42 Å². The predicted octanol–water partition coefficient (Wildman–Crippen LogP) is 3.86. The summed E-state index contributed by atoms with van der Waals surface area (Å²) in [5.74, 6) is -1.49. The molecule has 0 aromatic heterocycles. The monoisotopic (exact) mass is 412 g/mol. The molecule has 0 spiro atoms. The van der Waals surface area contributed by atoms with Gasteiger partial charge < -0.3 is 10.2 Å². The summed E-state index contributed by atoms with van der Waals surface area (Å²) in [6, 6.07) is 2.57. The molecule has 22 heavy (non-hydrogen) atoms. The lowest BCUT2D eigenvalue weighted by molar-refractivity contribution is -0.144. The SMILES string of the molecule is CCC(CC(C)C)(C(=O)O)c1cc(Br)c(O)c(S(=O)(=O)Cl)c1. The van der Waals surface area contributed by atoms with Gasteiger partial charge in [0.2, 0.25) is 0 Å². The van der Waals surface area contributed by atoms with Crippen molar-refractivity contribution in [3.63, 3.8) is 0 Å². The van der Waals surface area contributed by atoms with Gasteiger partial charge in [0.05, 0.1) is 9.89 Å². The molecular formula is C14H18BrClO5S. The standard InChI is InChI=1S/C14H18BrClO5S/c1-4-14(13(18)19,7-8(2)3)9-5-10(15)12(17)11(6-9)22(16,20)21/h5-6,8,17H,4,7H2,1-3H3,(H,18,19). The molecular weight excluding hydrogens is 396 g/mol. The molecule has 0 saturated carbocycles. The van der Waals surface area contributed by atoms with Crippen LogP contribution < -0.4 is 0 Å². The molecule has 8 heteroatoms. The molecule has 0 fully saturated rings. The summed E-state index contributed by atoms with van der Waals surface area (Å²) in [6.07, 6.45) is 0.608. The van der Waals surface area contributed by atoms with Crippen LogP contribution in [-0.4, -0.2) is 24.6 Å². The van der Waals surface area contributed by atoms with Gasteiger partial charge in [-0.3, -0.25) is 4.79 Å². The third-order valence-electron chi connectivity index (χ3n) is 3.61. The Morgan fingerprint density at radius 2 is 1.95 bits per heavy atom. The first kappa shape index (κ1) is 19.3. The third kappa shape index (κ3) is 3.75. The number of aliphatic carboxylic acids is 1. The Balaban J connectivity index is 3.71. The lowest BCUT2D eigenvalue weighted by Crippen LogP contribution is -2.36. The van der Waals surface area contributed by atoms with Crippen LogP contribution in [-0.2, 0) is 19.3 Å². The second-order valence-corrected chi connectivity index (χ2v) is 8.97. The fourth-order valence-electron chi connectivity index (χ4n) is 2.56. The summed E-state index contributed by atoms with van der Waals surface area (Å²) in [5, 5.41) is 19.6. The number of carbonyl (C=O) groups is 1. The summed E-state index contributed by atoms with van der Waals surface area (Å²) in [5.41, 5.74) is -0.958. The molecule has 1 unspecified atom stereocenters. The van der Waals surface area contributed by atoms with E-state index in [0.717, 1.165) is 6.07 Å². The Morgan fingerprint density at radius 3 is 2.32 bits per heavy atom. The summed E-state index contributed by atoms with van der Waals surface area (Å²) < 4.78 is 23.3. The molecule has 0 heterocycles. The van der Waals surface area contributed by atoms with Crippen molar-refractivity contribution < 1.29 is 23.4 Å². The molecule has 1 aromatic rings. The predicted molar refractivity (Wildman–Crippen MR) is 87.9 cm³/mol. The molecule has 1 atom stereocenters. The minimum atomic E-state index is -4.20. The van der Waals surface area contributed by atoms with Crippen molar-refractivity contribution in [1.82, 2.24) is 0 Å². The van der Waals surface area contributed by atoms with Crippen LogP contribution in [0, 0.1) is 5.92 Å². The normalized spacial score (nSPS) is 14.8. The van der Waals surface area contributed by atoms with E-state index in [1.165, 1.54) is 6.07 Å². The zero-order chi connectivity index (χ0) is 17.3. The molecule has 0 radical (unpaired) electrons. The smallest absolute Gasteiger partial charge is 0.314 e. The molecule has 0 amide bonds. The lowest BCUT2D eigenvalue weighted by atomic mass is 9.72. The van der Waals surface area contributed by atoms with E-state index in [9.17, 15) is 23.4 Å². The van der Waals surface area contributed by atoms with E-state index in [4.69, 9.17) is 10.7 Å². The maximum absolute atomic E-state index is 11.9. The number of carboxylic acid groups (broad SMARTS) is 1. The van der Waals surface area contributed by atoms with Crippen LogP contribution in [0.1, 0.15) is 39.2 Å². The van der Waals surface area contributed by atoms with Crippen molar-refractivity contribution >= 4 is 41.6 Å². The molecule has 2 N–H and O–H groups in total. The van der Waals surface area contributed by atoms with Gasteiger partial charge in [0.25, 0.3) is 9.05 Å². The minimum Gasteiger partial charge on any atom is -0.505 e. The Kier molecular flexibility index (Phi) is 5.92. The van der Waals surface area contributed by atoms with Gasteiger partial charge in [0.1, 0.15) is 10.6 Å². The number of phenolic OH excluding ortho intramolecular Hbond substituents is 1. The number of phenols is 1. The van der Waals surface area contributed by atoms with Crippen molar-refractivity contribution in [3.05, 3.63) is 22.2 Å². The van der Waals surface area contributed by atoms with Gasteiger partial charge in [-0.15, -0.1) is 0 Å². The molecule has 1 aromatic carbocycles. The van der Waals surface area contributed by atoms with Gasteiger partial charge in [0.15, 0.2) is 0 Å². The van der Waals surface area contributed by atoms with Crippen molar-refractivity contribution in [2.24, 2.45) is 5.92 Å². The fraction of sp³-hybridized carbons (Fsp3) is 0.500. The van der Waals surface area contributed by atoms with Crippen LogP contribution in [0.15, 0.2) is 21.5 Å². The Labute approximate surface area is 142 Å². The molecule has 0 saturated heterocycles. The molecule has 0 aliphatic heterocycles. The number of hydrogen-bond acceptors (Lipinski definition) is 4. The third-order valence-corrected chi connectivity index (χ3v) is 5.55. The fourth-order valence-corrected chi connectivity index (χ4v) is 4.11. The van der Waals surface area contributed by atoms with E-state index >= 15 is 0 Å². The highest BCUT2D eigenvalue weighted by atomic mass is 79.9. The molecule has 0 aliphatic rings. The highest BCUT2D eigenvalue weighted by Gasteiger charge is 2.40. The first-order valence-corrected chi connectivity index (χ1v) is 9.77. The number of hydrogen-bond donors (Lipinski definition) is 2. The first-order chi connectivity index (χ1) is 9.95. The van der Waals surface area contributed by atoms with Crippen LogP contribution >= 0.6 is 26.6 Å². The number of carboxylic acids is 1. The largest absolute Gasteiger partial charge is 0.505 e. The summed E-state index contributed by atoms with van der Waals surface area (Å²) in [7, 11) is 1.13. The van der Waals surface area contributed by atoms with Crippen molar-refractivity contribution in [2.45, 2.75) is 43.9 Å². The lowest BCUT2D eigenvalue weighted by Gasteiger charge is -2.31. The Bertz CT molecular complexity index is 687. The van der Waals surface area contributed by atoms with Crippen LogP contribution in [0.2, 0.25) is 0 Å². The van der Waals surface area contributed by atoms with Crippen molar-refractivity contribution in [3.8, 4) is 5.75 Å². The molecule has 1 rings (SSSR count). The summed E-state index contributed by atoms with van der Waals surface area (Å²) in [6.45, 7) is 5.51. The molecule has 0 bridgehead atoms. The second kappa shape index (κ2) is 6.76. The van der Waals surface area contributed by atoms with Crippen LogP contribution in [0.4, 0.5) is 0 Å². The maximum atomic E-state index is 11.9. The quantitative estimate of drug-likeness (QED) is 0.691. The topological polar surface area (TPSA) is 91.7 Å². The number of halogens is 2. The van der Waals surface area contributed by atoms with E-state index in [2.05, 4.69) is 15.9 Å². The second-order valence-electron chi connectivity index (χ2n) is 5.58. The summed E-state index contributed by atoms with van der Waals surface area (Å²) in [4.78, 5) is 11.4.